The molecule has 0 aliphatic rings. The van der Waals surface area contributed by atoms with Crippen LogP contribution in [-0.2, 0) is 6.18 Å². The Balaban J connectivity index is 2.35. The van der Waals surface area contributed by atoms with Crippen molar-refractivity contribution in [3.63, 3.8) is 0 Å². The minimum absolute atomic E-state index is 0.329. The molecule has 0 saturated carbocycles. The quantitative estimate of drug-likeness (QED) is 0.848. The Hall–Kier alpha value is -2.05. The molecule has 7 heteroatoms. The lowest BCUT2D eigenvalue weighted by atomic mass is 10.3. The van der Waals surface area contributed by atoms with Crippen LogP contribution in [0.2, 0.25) is 0 Å². The second-order valence-electron chi connectivity index (χ2n) is 3.45. The van der Waals surface area contributed by atoms with Gasteiger partial charge in [0, 0.05) is 5.69 Å². The average Bonchev–Trinajstić information content (AvgIpc) is 2.79. The normalized spacial score (nSPS) is 11.6. The first-order valence-electron chi connectivity index (χ1n) is 5.23. The molecule has 1 aromatic heterocycles. The van der Waals surface area contributed by atoms with E-state index in [-0.39, 0.29) is 0 Å². The highest BCUT2D eigenvalue weighted by molar-refractivity contribution is 5.38. The Kier molecular flexibility index (Phi) is 3.22. The minimum atomic E-state index is -4.53. The summed E-state index contributed by atoms with van der Waals surface area (Å²) in [6.07, 6.45) is -3.51. The van der Waals surface area contributed by atoms with Crippen LogP contribution in [0.15, 0.2) is 30.6 Å². The van der Waals surface area contributed by atoms with Crippen molar-refractivity contribution in [3.8, 4) is 11.4 Å². The van der Waals surface area contributed by atoms with Crippen molar-refractivity contribution in [1.82, 2.24) is 14.8 Å². The predicted molar refractivity (Wildman–Crippen MR) is 57.5 cm³/mol. The van der Waals surface area contributed by atoms with Gasteiger partial charge in [-0.25, -0.2) is 0 Å². The van der Waals surface area contributed by atoms with Gasteiger partial charge in [0.1, 0.15) is 12.1 Å². The zero-order chi connectivity index (χ0) is 13.2. The molecular weight excluding hydrogens is 247 g/mol. The van der Waals surface area contributed by atoms with Crippen molar-refractivity contribution >= 4 is 0 Å². The Labute approximate surface area is 101 Å². The summed E-state index contributed by atoms with van der Waals surface area (Å²) in [5.74, 6) is -0.449. The second-order valence-corrected chi connectivity index (χ2v) is 3.45. The van der Waals surface area contributed by atoms with E-state index in [1.54, 1.807) is 12.1 Å². The van der Waals surface area contributed by atoms with E-state index in [2.05, 4.69) is 10.2 Å². The molecule has 4 nitrogen and oxygen atoms in total. The first-order chi connectivity index (χ1) is 8.52. The highest BCUT2D eigenvalue weighted by Gasteiger charge is 2.37. The molecule has 96 valence electrons. The van der Waals surface area contributed by atoms with Gasteiger partial charge in [0.2, 0.25) is 5.82 Å². The summed E-state index contributed by atoms with van der Waals surface area (Å²) in [6, 6.07) is 6.23. The molecule has 0 spiro atoms. The number of rotatable bonds is 3. The number of halogens is 3. The van der Waals surface area contributed by atoms with Gasteiger partial charge in [0.05, 0.1) is 6.61 Å². The minimum Gasteiger partial charge on any atom is -0.494 e. The lowest BCUT2D eigenvalue weighted by molar-refractivity contribution is -0.146. The summed E-state index contributed by atoms with van der Waals surface area (Å²) in [5.41, 5.74) is 0.329. The maximum absolute atomic E-state index is 12.6. The summed E-state index contributed by atoms with van der Waals surface area (Å²) in [5, 5.41) is 6.36. The highest BCUT2D eigenvalue weighted by atomic mass is 19.4. The zero-order valence-electron chi connectivity index (χ0n) is 9.48. The summed E-state index contributed by atoms with van der Waals surface area (Å²) in [4.78, 5) is 0. The van der Waals surface area contributed by atoms with Gasteiger partial charge >= 0.3 is 6.18 Å². The average molecular weight is 257 g/mol. The largest absolute Gasteiger partial charge is 0.494 e. The number of hydrogen-bond donors (Lipinski definition) is 0. The molecule has 2 rings (SSSR count). The number of nitrogens with zero attached hydrogens (tertiary/aromatic N) is 3. The molecule has 0 fully saturated rings. The van der Waals surface area contributed by atoms with Crippen molar-refractivity contribution in [2.75, 3.05) is 6.61 Å². The molecule has 0 radical (unpaired) electrons. The van der Waals surface area contributed by atoms with Crippen LogP contribution in [-0.4, -0.2) is 21.4 Å². The van der Waals surface area contributed by atoms with E-state index in [9.17, 15) is 13.2 Å². The third kappa shape index (κ3) is 2.44. The molecule has 0 amide bonds. The molecule has 0 unspecified atom stereocenters. The molecule has 0 saturated heterocycles. The van der Waals surface area contributed by atoms with Crippen molar-refractivity contribution in [2.24, 2.45) is 0 Å². The topological polar surface area (TPSA) is 39.9 Å². The van der Waals surface area contributed by atoms with Crippen molar-refractivity contribution in [2.45, 2.75) is 13.1 Å². The van der Waals surface area contributed by atoms with E-state index in [4.69, 9.17) is 4.74 Å². The van der Waals surface area contributed by atoms with Crippen LogP contribution in [0.3, 0.4) is 0 Å². The smallest absolute Gasteiger partial charge is 0.452 e. The van der Waals surface area contributed by atoms with Gasteiger partial charge in [-0.2, -0.15) is 13.2 Å². The van der Waals surface area contributed by atoms with Gasteiger partial charge < -0.3 is 4.74 Å². The van der Waals surface area contributed by atoms with E-state index >= 15 is 0 Å². The van der Waals surface area contributed by atoms with Gasteiger partial charge in [-0.3, -0.25) is 4.57 Å². The second kappa shape index (κ2) is 4.67. The first-order valence-corrected chi connectivity index (χ1v) is 5.23. The van der Waals surface area contributed by atoms with Gasteiger partial charge in [0.15, 0.2) is 0 Å². The maximum Gasteiger partial charge on any atom is 0.452 e. The Morgan fingerprint density at radius 2 is 1.89 bits per heavy atom. The number of hydrogen-bond acceptors (Lipinski definition) is 3. The molecule has 0 aliphatic carbocycles. The van der Waals surface area contributed by atoms with E-state index < -0.39 is 12.0 Å². The van der Waals surface area contributed by atoms with Crippen LogP contribution in [0.25, 0.3) is 5.69 Å². The maximum atomic E-state index is 12.6. The molecule has 2 aromatic rings. The third-order valence-electron chi connectivity index (χ3n) is 2.23. The number of ether oxygens (including phenoxy) is 1. The molecular formula is C11H10F3N3O. The van der Waals surface area contributed by atoms with E-state index in [1.165, 1.54) is 12.1 Å². The van der Waals surface area contributed by atoms with E-state index in [1.807, 2.05) is 6.92 Å². The molecule has 1 heterocycles. The van der Waals surface area contributed by atoms with Crippen LogP contribution in [0.5, 0.6) is 5.75 Å². The Bertz CT molecular complexity index is 519. The summed E-state index contributed by atoms with van der Waals surface area (Å²) in [6.45, 7) is 2.33. The van der Waals surface area contributed by atoms with Gasteiger partial charge in [-0.05, 0) is 31.2 Å². The fourth-order valence-corrected chi connectivity index (χ4v) is 1.49. The SMILES string of the molecule is CCOc1ccc(-n2cnnc2C(F)(F)F)cc1. The molecule has 1 aromatic carbocycles. The first kappa shape index (κ1) is 12.4. The van der Waals surface area contributed by atoms with Crippen LogP contribution in [0.4, 0.5) is 13.2 Å². The van der Waals surface area contributed by atoms with E-state index in [0.717, 1.165) is 10.9 Å². The lowest BCUT2D eigenvalue weighted by Crippen LogP contribution is -2.13. The van der Waals surface area contributed by atoms with Gasteiger partial charge in [-0.15, -0.1) is 10.2 Å². The molecule has 0 atom stereocenters. The predicted octanol–water partition coefficient (Wildman–Crippen LogP) is 2.68. The fourth-order valence-electron chi connectivity index (χ4n) is 1.49. The third-order valence-corrected chi connectivity index (χ3v) is 2.23. The van der Waals surface area contributed by atoms with Crippen LogP contribution in [0.1, 0.15) is 12.7 Å². The summed E-state index contributed by atoms with van der Waals surface area (Å²) in [7, 11) is 0. The Morgan fingerprint density at radius 3 is 2.44 bits per heavy atom. The number of benzene rings is 1. The monoisotopic (exact) mass is 257 g/mol. The van der Waals surface area contributed by atoms with Gasteiger partial charge in [0.25, 0.3) is 0 Å². The van der Waals surface area contributed by atoms with Gasteiger partial charge in [-0.1, -0.05) is 0 Å². The molecule has 18 heavy (non-hydrogen) atoms. The van der Waals surface area contributed by atoms with Crippen LogP contribution >= 0.6 is 0 Å². The van der Waals surface area contributed by atoms with Crippen LogP contribution in [0, 0.1) is 0 Å². The van der Waals surface area contributed by atoms with E-state index in [0.29, 0.717) is 18.0 Å². The highest BCUT2D eigenvalue weighted by Crippen LogP contribution is 2.29. The Morgan fingerprint density at radius 1 is 1.22 bits per heavy atom. The standard InChI is InChI=1S/C11H10F3N3O/c1-2-18-9-5-3-8(4-6-9)17-7-15-16-10(17)11(12,13)14/h3-7H,2H2,1H3. The van der Waals surface area contributed by atoms with Crippen molar-refractivity contribution in [3.05, 3.63) is 36.4 Å². The van der Waals surface area contributed by atoms with Crippen molar-refractivity contribution in [1.29, 1.82) is 0 Å². The molecule has 0 bridgehead atoms. The zero-order valence-corrected chi connectivity index (χ0v) is 9.48. The molecule has 0 aliphatic heterocycles. The lowest BCUT2D eigenvalue weighted by Gasteiger charge is -2.09. The summed E-state index contributed by atoms with van der Waals surface area (Å²) >= 11 is 0. The fraction of sp³-hybridized carbons (Fsp3) is 0.273. The number of aromatic nitrogens is 3. The van der Waals surface area contributed by atoms with Crippen LogP contribution < -0.4 is 4.74 Å². The molecule has 0 N–H and O–H groups in total. The number of alkyl halides is 3. The van der Waals surface area contributed by atoms with Crippen molar-refractivity contribution < 1.29 is 17.9 Å². The summed E-state index contributed by atoms with van der Waals surface area (Å²) < 4.78 is 44.0.